The van der Waals surface area contributed by atoms with Crippen molar-refractivity contribution in [2.24, 2.45) is 0 Å². The first kappa shape index (κ1) is 30.5. The molecule has 45 heavy (non-hydrogen) atoms. The summed E-state index contributed by atoms with van der Waals surface area (Å²) in [4.78, 5) is 34.6. The number of carbonyl (C=O) groups excluding carboxylic acids is 1. The van der Waals surface area contributed by atoms with Gasteiger partial charge in [-0.25, -0.2) is 24.4 Å². The molecule has 5 heterocycles. The summed E-state index contributed by atoms with van der Waals surface area (Å²) in [7, 11) is 3.32. The minimum atomic E-state index is -0.624. The predicted octanol–water partition coefficient (Wildman–Crippen LogP) is 3.52. The van der Waals surface area contributed by atoms with Crippen molar-refractivity contribution in [3.05, 3.63) is 78.1 Å². The second kappa shape index (κ2) is 13.6. The lowest BCUT2D eigenvalue weighted by molar-refractivity contribution is -0.154. The second-order valence-corrected chi connectivity index (χ2v) is 11.0. The molecule has 13 nitrogen and oxygen atoms in total. The van der Waals surface area contributed by atoms with Crippen molar-refractivity contribution in [3.8, 4) is 16.9 Å². The fourth-order valence-electron chi connectivity index (χ4n) is 5.63. The van der Waals surface area contributed by atoms with E-state index in [-0.39, 0.29) is 6.10 Å². The summed E-state index contributed by atoms with van der Waals surface area (Å²) in [6, 6.07) is 11.6. The minimum Gasteiger partial charge on any atom is -0.383 e. The van der Waals surface area contributed by atoms with Gasteiger partial charge in [0, 0.05) is 70.1 Å². The van der Waals surface area contributed by atoms with Gasteiger partial charge in [-0.15, -0.1) is 0 Å². The zero-order valence-electron chi connectivity index (χ0n) is 25.4. The fourth-order valence-corrected chi connectivity index (χ4v) is 5.63. The zero-order chi connectivity index (χ0) is 31.3. The molecule has 2 aliphatic heterocycles. The van der Waals surface area contributed by atoms with Crippen molar-refractivity contribution in [1.29, 1.82) is 0 Å². The van der Waals surface area contributed by atoms with Crippen LogP contribution in [0, 0.1) is 12.9 Å². The largest absolute Gasteiger partial charge is 0.383 e. The Kier molecular flexibility index (Phi) is 9.26. The number of nitrogens with zero attached hydrogens (tertiary/aromatic N) is 7. The number of anilines is 2. The molecule has 0 aliphatic carbocycles. The minimum absolute atomic E-state index is 0.169. The van der Waals surface area contributed by atoms with Crippen LogP contribution < -0.4 is 15.5 Å². The highest BCUT2D eigenvalue weighted by Gasteiger charge is 2.37. The van der Waals surface area contributed by atoms with Crippen LogP contribution in [0.25, 0.3) is 16.9 Å². The van der Waals surface area contributed by atoms with Crippen LogP contribution in [0.15, 0.2) is 61.1 Å². The number of pyridine rings is 1. The third-order valence-electron chi connectivity index (χ3n) is 8.00. The van der Waals surface area contributed by atoms with Crippen LogP contribution in [0.1, 0.15) is 23.7 Å². The lowest BCUT2D eigenvalue weighted by atomic mass is 10.0. The van der Waals surface area contributed by atoms with Gasteiger partial charge in [0.1, 0.15) is 17.6 Å². The van der Waals surface area contributed by atoms with Crippen LogP contribution in [0.4, 0.5) is 21.0 Å². The summed E-state index contributed by atoms with van der Waals surface area (Å²) >= 11 is 0. The third kappa shape index (κ3) is 6.78. The Balaban J connectivity index is 1.25. The van der Waals surface area contributed by atoms with Crippen molar-refractivity contribution >= 4 is 17.8 Å². The number of hydrogen-bond acceptors (Lipinski definition) is 10. The quantitative estimate of drug-likeness (QED) is 0.255. The summed E-state index contributed by atoms with van der Waals surface area (Å²) in [6.45, 7) is 4.76. The van der Waals surface area contributed by atoms with Crippen molar-refractivity contribution < 1.29 is 23.5 Å². The van der Waals surface area contributed by atoms with Gasteiger partial charge in [-0.3, -0.25) is 10.2 Å². The first-order valence-electron chi connectivity index (χ1n) is 14.8. The number of aromatic nitrogens is 5. The standard InChI is InChI=1S/C31H36FN9O4/c1-20-27(22-16-34-30(35-17-22)39-12-10-24(18-39)44-3)38-41(23-7-5-4-6-8-23)29(20)37-31(42)36-25-19-40(13-14-43-2)45-28(25)21-9-11-33-26(32)15-21/h4-9,11,15-17,24-25,28H,10,12-14,18-19H2,1-3H3,(H2,36,37,42)/t24-,25+,28-/m0/s1. The van der Waals surface area contributed by atoms with Crippen LogP contribution in [0.2, 0.25) is 0 Å². The number of carbonyl (C=O) groups is 1. The molecular weight excluding hydrogens is 581 g/mol. The van der Waals surface area contributed by atoms with E-state index in [0.717, 1.165) is 36.3 Å². The number of benzene rings is 1. The topological polar surface area (TPSA) is 132 Å². The Morgan fingerprint density at radius 1 is 1.11 bits per heavy atom. The molecule has 0 bridgehead atoms. The first-order valence-corrected chi connectivity index (χ1v) is 14.8. The number of para-hydroxylation sites is 1. The molecule has 2 amide bonds. The fraction of sp³-hybridized carbons (Fsp3) is 0.387. The van der Waals surface area contributed by atoms with E-state index in [2.05, 4.69) is 30.5 Å². The van der Waals surface area contributed by atoms with Gasteiger partial charge in [0.2, 0.25) is 11.9 Å². The molecule has 0 saturated carbocycles. The first-order chi connectivity index (χ1) is 21.9. The van der Waals surface area contributed by atoms with Crippen molar-refractivity contribution in [3.63, 3.8) is 0 Å². The summed E-state index contributed by atoms with van der Waals surface area (Å²) < 4.78 is 26.3. The number of amides is 2. The number of ether oxygens (including phenoxy) is 2. The smallest absolute Gasteiger partial charge is 0.320 e. The Bertz CT molecular complexity index is 1600. The maximum absolute atomic E-state index is 14.0. The lowest BCUT2D eigenvalue weighted by Gasteiger charge is -2.19. The summed E-state index contributed by atoms with van der Waals surface area (Å²) in [5.74, 6) is 0.501. The molecule has 2 N–H and O–H groups in total. The number of urea groups is 1. The monoisotopic (exact) mass is 617 g/mol. The normalized spacial score (nSPS) is 20.1. The summed E-state index contributed by atoms with van der Waals surface area (Å²) in [5.41, 5.74) is 3.42. The highest BCUT2D eigenvalue weighted by atomic mass is 19.1. The number of rotatable bonds is 10. The van der Waals surface area contributed by atoms with Crippen LogP contribution in [0.3, 0.4) is 0 Å². The molecule has 1 aromatic carbocycles. The Hall–Kier alpha value is -4.50. The van der Waals surface area contributed by atoms with Crippen molar-refractivity contribution in [1.82, 2.24) is 35.1 Å². The van der Waals surface area contributed by atoms with Crippen molar-refractivity contribution in [2.75, 3.05) is 57.2 Å². The third-order valence-corrected chi connectivity index (χ3v) is 8.00. The molecule has 3 atom stereocenters. The molecule has 4 aromatic rings. The van der Waals surface area contributed by atoms with E-state index in [1.807, 2.05) is 37.3 Å². The van der Waals surface area contributed by atoms with Gasteiger partial charge < -0.3 is 19.7 Å². The lowest BCUT2D eigenvalue weighted by Crippen LogP contribution is -2.42. The number of hydrogen-bond donors (Lipinski definition) is 2. The molecule has 2 saturated heterocycles. The molecule has 6 rings (SSSR count). The van der Waals surface area contributed by atoms with E-state index in [4.69, 9.17) is 19.4 Å². The van der Waals surface area contributed by atoms with E-state index >= 15 is 0 Å². The van der Waals surface area contributed by atoms with Gasteiger partial charge in [0.05, 0.1) is 24.4 Å². The number of hydroxylamine groups is 2. The zero-order valence-corrected chi connectivity index (χ0v) is 25.4. The molecule has 3 aromatic heterocycles. The average Bonchev–Trinajstić information content (AvgIpc) is 3.78. The Labute approximate surface area is 260 Å². The van der Waals surface area contributed by atoms with E-state index in [9.17, 15) is 9.18 Å². The predicted molar refractivity (Wildman–Crippen MR) is 164 cm³/mol. The van der Waals surface area contributed by atoms with Crippen LogP contribution in [0.5, 0.6) is 0 Å². The van der Waals surface area contributed by atoms with Gasteiger partial charge in [-0.2, -0.15) is 14.6 Å². The average molecular weight is 618 g/mol. The second-order valence-electron chi connectivity index (χ2n) is 11.0. The Morgan fingerprint density at radius 2 is 1.91 bits per heavy atom. The van der Waals surface area contributed by atoms with Crippen LogP contribution in [-0.4, -0.2) is 95.0 Å². The van der Waals surface area contributed by atoms with E-state index in [0.29, 0.717) is 42.7 Å². The highest BCUT2D eigenvalue weighted by molar-refractivity contribution is 5.91. The van der Waals surface area contributed by atoms with Crippen LogP contribution in [-0.2, 0) is 14.3 Å². The molecule has 2 fully saturated rings. The SMILES string of the molecule is COCCN1C[C@@H](NC(=O)Nc2c(C)c(-c3cnc(N4CC[C@H](OC)C4)nc3)nn2-c2ccccc2)[C@H](c2ccnc(F)c2)O1. The maximum Gasteiger partial charge on any atom is 0.320 e. The van der Waals surface area contributed by atoms with Gasteiger partial charge >= 0.3 is 6.03 Å². The summed E-state index contributed by atoms with van der Waals surface area (Å²) in [5, 5.41) is 12.6. The van der Waals surface area contributed by atoms with E-state index in [1.54, 1.807) is 42.4 Å². The molecular formula is C31H36FN9O4. The van der Waals surface area contributed by atoms with Crippen molar-refractivity contribution in [2.45, 2.75) is 31.6 Å². The van der Waals surface area contributed by atoms with E-state index < -0.39 is 24.1 Å². The van der Waals surface area contributed by atoms with Gasteiger partial charge in [-0.05, 0) is 43.2 Å². The Morgan fingerprint density at radius 3 is 2.62 bits per heavy atom. The van der Waals surface area contributed by atoms with Crippen LogP contribution >= 0.6 is 0 Å². The molecule has 0 spiro atoms. The molecule has 236 valence electrons. The van der Waals surface area contributed by atoms with Gasteiger partial charge in [0.15, 0.2) is 0 Å². The highest BCUT2D eigenvalue weighted by Crippen LogP contribution is 2.32. The molecule has 2 aliphatic rings. The number of nitrogens with one attached hydrogen (secondary N) is 2. The molecule has 0 unspecified atom stereocenters. The summed E-state index contributed by atoms with van der Waals surface area (Å²) in [6.07, 6.45) is 5.36. The number of methoxy groups -OCH3 is 2. The number of halogens is 1. The molecule has 0 radical (unpaired) electrons. The maximum atomic E-state index is 14.0. The van der Waals surface area contributed by atoms with Gasteiger partial charge in [-0.1, -0.05) is 18.2 Å². The van der Waals surface area contributed by atoms with Gasteiger partial charge in [0.25, 0.3) is 0 Å². The molecule has 14 heteroatoms. The van der Waals surface area contributed by atoms with E-state index in [1.165, 1.54) is 12.3 Å².